The van der Waals surface area contributed by atoms with Crippen LogP contribution >= 0.6 is 11.6 Å². The molecule has 1 aromatic heterocycles. The van der Waals surface area contributed by atoms with E-state index in [1.54, 1.807) is 11.9 Å². The Kier molecular flexibility index (Phi) is 5.49. The molecule has 29 heavy (non-hydrogen) atoms. The zero-order valence-electron chi connectivity index (χ0n) is 16.1. The quantitative estimate of drug-likeness (QED) is 0.790. The van der Waals surface area contributed by atoms with Crippen molar-refractivity contribution >= 4 is 34.6 Å². The normalized spacial score (nSPS) is 19.3. The van der Waals surface area contributed by atoms with E-state index in [4.69, 9.17) is 16.1 Å². The van der Waals surface area contributed by atoms with E-state index in [9.17, 15) is 14.0 Å². The first-order chi connectivity index (χ1) is 14.0. The number of rotatable bonds is 4. The number of fused-ring (bicyclic) bond motifs is 1. The van der Waals surface area contributed by atoms with Gasteiger partial charge in [-0.25, -0.2) is 14.0 Å². The largest absolute Gasteiger partial charge is 0.358 e. The van der Waals surface area contributed by atoms with Crippen LogP contribution in [0.2, 0.25) is 5.02 Å². The number of urea groups is 2. The highest BCUT2D eigenvalue weighted by atomic mass is 35.5. The SMILES string of the molecule is CNC(=O)N1CCCC(N(C(=O)NCc2onc3cc(Cl)c(F)cc23)C2CC2)C1. The minimum absolute atomic E-state index is 0.0285. The maximum Gasteiger partial charge on any atom is 0.318 e. The van der Waals surface area contributed by atoms with Crippen molar-refractivity contribution in [3.63, 3.8) is 0 Å². The Labute approximate surface area is 172 Å². The molecule has 0 bridgehead atoms. The van der Waals surface area contributed by atoms with Crippen molar-refractivity contribution < 1.29 is 18.5 Å². The number of carbonyl (C=O) groups excluding carboxylic acids is 2. The van der Waals surface area contributed by atoms with Gasteiger partial charge in [-0.05, 0) is 37.8 Å². The topological polar surface area (TPSA) is 90.7 Å². The summed E-state index contributed by atoms with van der Waals surface area (Å²) in [6, 6.07) is 2.47. The van der Waals surface area contributed by atoms with Gasteiger partial charge in [-0.3, -0.25) is 0 Å². The maximum absolute atomic E-state index is 13.8. The number of halogens is 2. The number of hydrogen-bond donors (Lipinski definition) is 2. The number of carbonyl (C=O) groups is 2. The summed E-state index contributed by atoms with van der Waals surface area (Å²) in [7, 11) is 1.61. The van der Waals surface area contributed by atoms with Crippen LogP contribution in [0.3, 0.4) is 0 Å². The molecule has 2 aliphatic rings. The van der Waals surface area contributed by atoms with E-state index >= 15 is 0 Å². The van der Waals surface area contributed by atoms with Gasteiger partial charge < -0.3 is 25.0 Å². The van der Waals surface area contributed by atoms with Crippen molar-refractivity contribution in [2.75, 3.05) is 20.1 Å². The van der Waals surface area contributed by atoms with Gasteiger partial charge in [0, 0.05) is 31.6 Å². The van der Waals surface area contributed by atoms with Crippen LogP contribution in [-0.2, 0) is 6.54 Å². The van der Waals surface area contributed by atoms with E-state index in [-0.39, 0.29) is 35.7 Å². The molecule has 2 aromatic rings. The number of aromatic nitrogens is 1. The van der Waals surface area contributed by atoms with Crippen LogP contribution in [0, 0.1) is 5.82 Å². The van der Waals surface area contributed by atoms with E-state index in [1.165, 1.54) is 12.1 Å². The molecule has 1 saturated heterocycles. The Balaban J connectivity index is 1.45. The minimum atomic E-state index is -0.564. The lowest BCUT2D eigenvalue weighted by atomic mass is 10.0. The van der Waals surface area contributed by atoms with Crippen molar-refractivity contribution in [2.24, 2.45) is 0 Å². The van der Waals surface area contributed by atoms with Gasteiger partial charge in [0.05, 0.1) is 17.6 Å². The fourth-order valence-corrected chi connectivity index (χ4v) is 4.03. The Morgan fingerprint density at radius 3 is 2.86 bits per heavy atom. The summed E-state index contributed by atoms with van der Waals surface area (Å²) in [4.78, 5) is 28.5. The molecule has 2 fully saturated rings. The molecule has 1 aliphatic heterocycles. The third-order valence-electron chi connectivity index (χ3n) is 5.46. The van der Waals surface area contributed by atoms with Crippen LogP contribution in [0.25, 0.3) is 10.9 Å². The van der Waals surface area contributed by atoms with Crippen molar-refractivity contribution in [2.45, 2.75) is 44.3 Å². The van der Waals surface area contributed by atoms with Gasteiger partial charge in [0.15, 0.2) is 5.76 Å². The zero-order chi connectivity index (χ0) is 20.5. The number of amides is 4. The highest BCUT2D eigenvalue weighted by Gasteiger charge is 2.39. The van der Waals surface area contributed by atoms with Crippen LogP contribution < -0.4 is 10.6 Å². The highest BCUT2D eigenvalue weighted by Crippen LogP contribution is 2.32. The smallest absolute Gasteiger partial charge is 0.318 e. The molecule has 1 saturated carbocycles. The summed E-state index contributed by atoms with van der Waals surface area (Å²) in [5, 5.41) is 9.84. The first-order valence-electron chi connectivity index (χ1n) is 9.74. The van der Waals surface area contributed by atoms with E-state index in [1.807, 2.05) is 4.90 Å². The van der Waals surface area contributed by atoms with Crippen LogP contribution in [-0.4, -0.2) is 59.2 Å². The molecule has 156 valence electrons. The molecular weight excluding hydrogens is 401 g/mol. The molecular formula is C19H23ClFN5O3. The van der Waals surface area contributed by atoms with Crippen LogP contribution in [0.4, 0.5) is 14.0 Å². The predicted molar refractivity (Wildman–Crippen MR) is 105 cm³/mol. The van der Waals surface area contributed by atoms with Crippen molar-refractivity contribution in [1.29, 1.82) is 0 Å². The highest BCUT2D eigenvalue weighted by molar-refractivity contribution is 6.31. The monoisotopic (exact) mass is 423 g/mol. The van der Waals surface area contributed by atoms with Gasteiger partial charge in [-0.1, -0.05) is 16.8 Å². The minimum Gasteiger partial charge on any atom is -0.358 e. The number of benzene rings is 1. The molecule has 8 nitrogen and oxygen atoms in total. The number of nitrogens with zero attached hydrogens (tertiary/aromatic N) is 3. The fourth-order valence-electron chi connectivity index (χ4n) is 3.87. The molecule has 1 unspecified atom stereocenters. The Morgan fingerprint density at radius 1 is 1.34 bits per heavy atom. The molecule has 4 amide bonds. The maximum atomic E-state index is 13.8. The number of likely N-dealkylation sites (tertiary alicyclic amines) is 1. The van der Waals surface area contributed by atoms with Crippen molar-refractivity contribution in [3.8, 4) is 0 Å². The van der Waals surface area contributed by atoms with E-state index in [0.29, 0.717) is 29.8 Å². The first-order valence-corrected chi connectivity index (χ1v) is 10.1. The third-order valence-corrected chi connectivity index (χ3v) is 5.75. The second-order valence-corrected chi connectivity index (χ2v) is 7.89. The van der Waals surface area contributed by atoms with Crippen LogP contribution in [0.15, 0.2) is 16.7 Å². The standard InChI is InChI=1S/C19H23ClFN5O3/c1-22-18(27)25-6-2-3-12(10-25)26(11-4-5-11)19(28)23-9-17-13-7-15(21)14(20)8-16(13)24-29-17/h7-8,11-12H,2-6,9-10H2,1H3,(H,22,27)(H,23,28). The summed E-state index contributed by atoms with van der Waals surface area (Å²) >= 11 is 5.77. The number of piperidine rings is 1. The molecule has 1 aromatic carbocycles. The van der Waals surface area contributed by atoms with Gasteiger partial charge in [0.1, 0.15) is 11.3 Å². The van der Waals surface area contributed by atoms with Gasteiger partial charge in [-0.15, -0.1) is 0 Å². The van der Waals surface area contributed by atoms with Gasteiger partial charge in [0.2, 0.25) is 0 Å². The lowest BCUT2D eigenvalue weighted by molar-refractivity contribution is 0.115. The average molecular weight is 424 g/mol. The van der Waals surface area contributed by atoms with Crippen molar-refractivity contribution in [3.05, 3.63) is 28.7 Å². The van der Waals surface area contributed by atoms with Gasteiger partial charge >= 0.3 is 12.1 Å². The fraction of sp³-hybridized carbons (Fsp3) is 0.526. The molecule has 0 radical (unpaired) electrons. The second kappa shape index (κ2) is 8.06. The van der Waals surface area contributed by atoms with Crippen LogP contribution in [0.1, 0.15) is 31.4 Å². The van der Waals surface area contributed by atoms with Gasteiger partial charge in [-0.2, -0.15) is 0 Å². The Hall–Kier alpha value is -2.55. The molecule has 1 aliphatic carbocycles. The van der Waals surface area contributed by atoms with Crippen LogP contribution in [0.5, 0.6) is 0 Å². The lowest BCUT2D eigenvalue weighted by Crippen LogP contribution is -2.56. The summed E-state index contributed by atoms with van der Waals surface area (Å²) in [5.74, 6) is -0.193. The molecule has 10 heteroatoms. The van der Waals surface area contributed by atoms with E-state index < -0.39 is 5.82 Å². The molecule has 1 atom stereocenters. The van der Waals surface area contributed by atoms with E-state index in [0.717, 1.165) is 25.7 Å². The van der Waals surface area contributed by atoms with Gasteiger partial charge in [0.25, 0.3) is 0 Å². The van der Waals surface area contributed by atoms with E-state index in [2.05, 4.69) is 15.8 Å². The summed E-state index contributed by atoms with van der Waals surface area (Å²) in [6.07, 6.45) is 3.62. The number of nitrogens with one attached hydrogen (secondary N) is 2. The Bertz CT molecular complexity index is 932. The third kappa shape index (κ3) is 4.10. The van der Waals surface area contributed by atoms with Crippen molar-refractivity contribution in [1.82, 2.24) is 25.6 Å². The summed E-state index contributed by atoms with van der Waals surface area (Å²) in [6.45, 7) is 1.29. The molecule has 4 rings (SSSR count). The molecule has 2 N–H and O–H groups in total. The average Bonchev–Trinajstić information content (AvgIpc) is 3.48. The lowest BCUT2D eigenvalue weighted by Gasteiger charge is -2.39. The molecule has 2 heterocycles. The predicted octanol–water partition coefficient (Wildman–Crippen LogP) is 3.10. The first kappa shape index (κ1) is 19.8. The number of hydrogen-bond acceptors (Lipinski definition) is 4. The second-order valence-electron chi connectivity index (χ2n) is 7.48. The summed E-state index contributed by atoms with van der Waals surface area (Å²) < 4.78 is 19.1. The Morgan fingerprint density at radius 2 is 2.14 bits per heavy atom. The summed E-state index contributed by atoms with van der Waals surface area (Å²) in [5.41, 5.74) is 0.438. The molecule has 0 spiro atoms. The zero-order valence-corrected chi connectivity index (χ0v) is 16.8.